The zero-order valence-corrected chi connectivity index (χ0v) is 22.3. The van der Waals surface area contributed by atoms with E-state index in [0.29, 0.717) is 0 Å². The van der Waals surface area contributed by atoms with Gasteiger partial charge in [-0.05, 0) is 0 Å². The van der Waals surface area contributed by atoms with Gasteiger partial charge < -0.3 is 13.7 Å². The van der Waals surface area contributed by atoms with Crippen molar-refractivity contribution < 1.29 is 13.7 Å². The van der Waals surface area contributed by atoms with Gasteiger partial charge in [-0.3, -0.25) is 0 Å². The van der Waals surface area contributed by atoms with Crippen molar-refractivity contribution in [2.75, 3.05) is 0 Å². The van der Waals surface area contributed by atoms with Crippen LogP contribution in [0.2, 0.25) is 78.6 Å². The average Bonchev–Trinajstić information content (AvgIpc) is 2.09. The van der Waals surface area contributed by atoms with E-state index < -0.39 is 45.6 Å². The molecule has 0 aliphatic carbocycles. The van der Waals surface area contributed by atoms with Crippen molar-refractivity contribution in [2.45, 2.75) is 78.6 Å². The van der Waals surface area contributed by atoms with Gasteiger partial charge in [0.25, 0.3) is 15.2 Å². The Morgan fingerprint density at radius 1 is 0.429 bits per heavy atom. The van der Waals surface area contributed by atoms with E-state index in [1.165, 1.54) is 0 Å². The lowest BCUT2D eigenvalue weighted by Gasteiger charge is -2.54. The Bertz CT molecular complexity index is 308. The second-order valence-electron chi connectivity index (χ2n) is 10.4. The van der Waals surface area contributed by atoms with E-state index in [1.54, 1.807) is 0 Å². The van der Waals surface area contributed by atoms with Gasteiger partial charge in [-0.1, -0.05) is 78.6 Å². The maximum Gasteiger partial charge on any atom is 0.284 e. The third-order valence-electron chi connectivity index (χ3n) is 4.36. The zero-order valence-electron chi connectivity index (χ0n) is 16.3. The number of hydrogen-bond acceptors (Lipinski definition) is 3. The summed E-state index contributed by atoms with van der Waals surface area (Å²) in [7, 11) is -13.1. The largest absolute Gasteiger partial charge is 0.424 e. The van der Waals surface area contributed by atoms with Crippen LogP contribution in [0.25, 0.3) is 0 Å². The van der Waals surface area contributed by atoms with Crippen LogP contribution in [0.1, 0.15) is 0 Å². The molecule has 0 aliphatic heterocycles. The predicted molar refractivity (Wildman–Crippen MR) is 110 cm³/mol. The molecule has 0 aromatic carbocycles. The molecule has 0 heterocycles. The molecule has 0 atom stereocenters. The Labute approximate surface area is 137 Å². The highest BCUT2D eigenvalue weighted by Gasteiger charge is 2.66. The van der Waals surface area contributed by atoms with Crippen LogP contribution in [-0.4, -0.2) is 55.1 Å². The second-order valence-corrected chi connectivity index (χ2v) is 60.9. The SMILES string of the molecule is C[Si](C)(C)[Si](O)(O[Si](O)([Si](C)(C)C)[Si](C)(C)C)[Si](C)(C)C. The molecule has 0 aliphatic rings. The monoisotopic (exact) mass is 398 g/mol. The molecule has 0 rings (SSSR count). The van der Waals surface area contributed by atoms with Gasteiger partial charge in [0.15, 0.2) is 0 Å². The second kappa shape index (κ2) is 5.92. The third-order valence-corrected chi connectivity index (χ3v) is 69.9. The highest BCUT2D eigenvalue weighted by molar-refractivity contribution is 7.70. The topological polar surface area (TPSA) is 49.7 Å². The molecule has 0 radical (unpaired) electrons. The normalized spacial score (nSPS) is 16.3. The van der Waals surface area contributed by atoms with Gasteiger partial charge in [0.2, 0.25) is 0 Å². The van der Waals surface area contributed by atoms with Crippen LogP contribution in [0, 0.1) is 0 Å². The summed E-state index contributed by atoms with van der Waals surface area (Å²) in [6.07, 6.45) is 0. The van der Waals surface area contributed by atoms with Crippen molar-refractivity contribution >= 4 is 45.6 Å². The van der Waals surface area contributed by atoms with Gasteiger partial charge in [0, 0.05) is 0 Å². The molecule has 128 valence electrons. The molecule has 0 saturated carbocycles. The summed E-state index contributed by atoms with van der Waals surface area (Å²) in [4.78, 5) is 23.4. The number of hydrogen-bond donors (Lipinski definition) is 2. The molecule has 9 heteroatoms. The first-order valence-electron chi connectivity index (χ1n) is 7.86. The first-order chi connectivity index (χ1) is 8.71. The van der Waals surface area contributed by atoms with Crippen LogP contribution >= 0.6 is 0 Å². The van der Waals surface area contributed by atoms with Gasteiger partial charge in [0.1, 0.15) is 0 Å². The summed E-state index contributed by atoms with van der Waals surface area (Å²) >= 11 is 0. The lowest BCUT2D eigenvalue weighted by Crippen LogP contribution is -2.84. The molecule has 0 bridgehead atoms. The molecule has 0 fully saturated rings. The molecular weight excluding hydrogens is 361 g/mol. The van der Waals surface area contributed by atoms with Crippen LogP contribution in [-0.2, 0) is 4.12 Å². The van der Waals surface area contributed by atoms with Crippen molar-refractivity contribution in [1.29, 1.82) is 0 Å². The molecule has 0 spiro atoms. The fraction of sp³-hybridized carbons (Fsp3) is 1.00. The predicted octanol–water partition coefficient (Wildman–Crippen LogP) is 3.54. The summed E-state index contributed by atoms with van der Waals surface area (Å²) in [6.45, 7) is 26.7. The van der Waals surface area contributed by atoms with Crippen LogP contribution in [0.4, 0.5) is 0 Å². The summed E-state index contributed by atoms with van der Waals surface area (Å²) in [5, 5.41) is 0. The molecule has 0 unspecified atom stereocenters. The van der Waals surface area contributed by atoms with Crippen molar-refractivity contribution in [3.8, 4) is 0 Å². The molecule has 0 aromatic heterocycles. The Balaban J connectivity index is 6.15. The molecule has 3 nitrogen and oxygen atoms in total. The Morgan fingerprint density at radius 2 is 0.571 bits per heavy atom. The first-order valence-corrected chi connectivity index (χ1v) is 29.6. The minimum absolute atomic E-state index is 1.86. The van der Waals surface area contributed by atoms with Crippen LogP contribution in [0.15, 0.2) is 0 Å². The smallest absolute Gasteiger partial charge is 0.284 e. The maximum atomic E-state index is 11.7. The van der Waals surface area contributed by atoms with E-state index in [1.807, 2.05) is 0 Å². The first kappa shape index (κ1) is 22.2. The van der Waals surface area contributed by atoms with E-state index >= 15 is 0 Å². The number of rotatable bonds is 6. The Morgan fingerprint density at radius 3 is 0.667 bits per heavy atom. The molecule has 0 amide bonds. The van der Waals surface area contributed by atoms with E-state index in [2.05, 4.69) is 78.6 Å². The minimum atomic E-state index is -2.85. The molecule has 0 saturated heterocycles. The summed E-state index contributed by atoms with van der Waals surface area (Å²) in [6, 6.07) is 0. The molecule has 0 aromatic rings. The highest BCUT2D eigenvalue weighted by atomic mass is 29.7. The van der Waals surface area contributed by atoms with E-state index in [9.17, 15) is 9.59 Å². The molecule has 2 N–H and O–H groups in total. The Kier molecular flexibility index (Phi) is 6.25. The average molecular weight is 399 g/mol. The van der Waals surface area contributed by atoms with Gasteiger partial charge in [0.05, 0.1) is 30.4 Å². The standard InChI is InChI=1S/C12H38O3Si6/c1-16(2,3)20(13,17(4,5)6)15-21(14,18(7,8)9)19(10,11)12/h13-14H,1-12H3. The van der Waals surface area contributed by atoms with E-state index in [-0.39, 0.29) is 0 Å². The summed E-state index contributed by atoms with van der Waals surface area (Å²) < 4.78 is 6.72. The van der Waals surface area contributed by atoms with Crippen molar-refractivity contribution in [2.24, 2.45) is 0 Å². The summed E-state index contributed by atoms with van der Waals surface area (Å²) in [5.41, 5.74) is 0. The quantitative estimate of drug-likeness (QED) is 0.673. The molecular formula is C12H38O3Si6. The van der Waals surface area contributed by atoms with Crippen molar-refractivity contribution in [1.82, 2.24) is 0 Å². The fourth-order valence-corrected chi connectivity index (χ4v) is 88.2. The van der Waals surface area contributed by atoms with Crippen LogP contribution in [0.5, 0.6) is 0 Å². The Hall–Kier alpha value is 1.18. The summed E-state index contributed by atoms with van der Waals surface area (Å²) in [5.74, 6) is 0. The van der Waals surface area contributed by atoms with Gasteiger partial charge >= 0.3 is 0 Å². The van der Waals surface area contributed by atoms with E-state index in [0.717, 1.165) is 0 Å². The van der Waals surface area contributed by atoms with Crippen LogP contribution in [0.3, 0.4) is 0 Å². The molecule has 21 heavy (non-hydrogen) atoms. The van der Waals surface area contributed by atoms with E-state index in [4.69, 9.17) is 4.12 Å². The van der Waals surface area contributed by atoms with Crippen molar-refractivity contribution in [3.63, 3.8) is 0 Å². The van der Waals surface area contributed by atoms with Crippen molar-refractivity contribution in [3.05, 3.63) is 0 Å². The minimum Gasteiger partial charge on any atom is -0.424 e. The van der Waals surface area contributed by atoms with Gasteiger partial charge in [-0.15, -0.1) is 0 Å². The highest BCUT2D eigenvalue weighted by Crippen LogP contribution is 2.36. The lowest BCUT2D eigenvalue weighted by molar-refractivity contribution is 0.361. The van der Waals surface area contributed by atoms with Gasteiger partial charge in [-0.2, -0.15) is 0 Å². The fourth-order valence-electron chi connectivity index (χ4n) is 3.08. The van der Waals surface area contributed by atoms with Gasteiger partial charge in [-0.25, -0.2) is 0 Å². The lowest BCUT2D eigenvalue weighted by atomic mass is 11.8. The zero-order chi connectivity index (χ0) is 17.7. The maximum absolute atomic E-state index is 11.7. The third kappa shape index (κ3) is 4.18. The van der Waals surface area contributed by atoms with Crippen LogP contribution < -0.4 is 0 Å².